The zero-order valence-corrected chi connectivity index (χ0v) is 11.3. The molecule has 1 atom stereocenters. The van der Waals surface area contributed by atoms with E-state index in [4.69, 9.17) is 4.74 Å². The van der Waals surface area contributed by atoms with Crippen molar-refractivity contribution >= 4 is 24.0 Å². The quantitative estimate of drug-likeness (QED) is 0.871. The molecule has 1 saturated heterocycles. The first-order chi connectivity index (χ1) is 8.79. The number of rotatable bonds is 5. The fourth-order valence-corrected chi connectivity index (χ4v) is 1.94. The molecule has 1 aromatic carbocycles. The van der Waals surface area contributed by atoms with E-state index in [0.29, 0.717) is 11.4 Å². The van der Waals surface area contributed by atoms with Crippen molar-refractivity contribution in [3.05, 3.63) is 24.3 Å². The van der Waals surface area contributed by atoms with E-state index in [-0.39, 0.29) is 30.8 Å². The fourth-order valence-electron chi connectivity index (χ4n) is 1.94. The third-order valence-corrected chi connectivity index (χ3v) is 2.88. The van der Waals surface area contributed by atoms with Crippen LogP contribution in [0.15, 0.2) is 24.3 Å². The van der Waals surface area contributed by atoms with Gasteiger partial charge < -0.3 is 15.4 Å². The van der Waals surface area contributed by atoms with Crippen molar-refractivity contribution in [1.29, 1.82) is 0 Å². The highest BCUT2D eigenvalue weighted by Crippen LogP contribution is 2.19. The Morgan fingerprint density at radius 2 is 2.37 bits per heavy atom. The number of anilines is 1. The van der Waals surface area contributed by atoms with Crippen LogP contribution >= 0.6 is 12.4 Å². The molecule has 0 aliphatic carbocycles. The second-order valence-electron chi connectivity index (χ2n) is 4.24. The molecule has 1 fully saturated rings. The summed E-state index contributed by atoms with van der Waals surface area (Å²) in [6, 6.07) is 7.01. The van der Waals surface area contributed by atoms with Crippen LogP contribution in [0.2, 0.25) is 0 Å². The molecule has 0 saturated carbocycles. The predicted molar refractivity (Wildman–Crippen MR) is 74.8 cm³/mol. The van der Waals surface area contributed by atoms with Gasteiger partial charge in [-0.1, -0.05) is 6.07 Å². The van der Waals surface area contributed by atoms with Crippen LogP contribution in [0.5, 0.6) is 5.75 Å². The Balaban J connectivity index is 0.00000180. The molecule has 0 aromatic heterocycles. The van der Waals surface area contributed by atoms with Crippen LogP contribution in [0.1, 0.15) is 6.42 Å². The molecule has 6 heteroatoms. The van der Waals surface area contributed by atoms with E-state index in [1.54, 1.807) is 24.3 Å². The van der Waals surface area contributed by atoms with Gasteiger partial charge in [-0.25, -0.2) is 4.39 Å². The topological polar surface area (TPSA) is 50.4 Å². The number of halogens is 2. The van der Waals surface area contributed by atoms with Gasteiger partial charge in [0, 0.05) is 18.3 Å². The lowest BCUT2D eigenvalue weighted by molar-refractivity contribution is -0.119. The summed E-state index contributed by atoms with van der Waals surface area (Å²) in [5.74, 6) is 0.609. The first-order valence-electron chi connectivity index (χ1n) is 6.10. The van der Waals surface area contributed by atoms with E-state index in [1.165, 1.54) is 0 Å². The average molecular weight is 289 g/mol. The Morgan fingerprint density at radius 1 is 1.53 bits per heavy atom. The van der Waals surface area contributed by atoms with Gasteiger partial charge in [0.25, 0.3) is 0 Å². The Bertz CT molecular complexity index is 411. The van der Waals surface area contributed by atoms with Gasteiger partial charge in [0.15, 0.2) is 0 Å². The lowest BCUT2D eigenvalue weighted by atomic mass is 10.1. The minimum atomic E-state index is -0.523. The molecule has 1 aromatic rings. The smallest absolute Gasteiger partial charge is 0.228 e. The Hall–Kier alpha value is -1.33. The molecule has 4 nitrogen and oxygen atoms in total. The molecule has 0 bridgehead atoms. The molecular weight excluding hydrogens is 271 g/mol. The van der Waals surface area contributed by atoms with Crippen molar-refractivity contribution in [3.63, 3.8) is 0 Å². The van der Waals surface area contributed by atoms with Crippen molar-refractivity contribution in [2.45, 2.75) is 6.42 Å². The van der Waals surface area contributed by atoms with Crippen molar-refractivity contribution in [1.82, 2.24) is 5.32 Å². The van der Waals surface area contributed by atoms with Crippen LogP contribution in [-0.2, 0) is 4.79 Å². The molecule has 1 unspecified atom stereocenters. The average Bonchev–Trinajstić information content (AvgIpc) is 2.91. The molecule has 1 heterocycles. The maximum atomic E-state index is 12.0. The number of ether oxygens (including phenoxy) is 1. The minimum Gasteiger partial charge on any atom is -0.491 e. The van der Waals surface area contributed by atoms with Crippen LogP contribution in [-0.4, -0.2) is 32.3 Å². The van der Waals surface area contributed by atoms with Crippen molar-refractivity contribution in [2.75, 3.05) is 31.7 Å². The maximum Gasteiger partial charge on any atom is 0.228 e. The van der Waals surface area contributed by atoms with E-state index in [1.807, 2.05) is 0 Å². The van der Waals surface area contributed by atoms with Crippen LogP contribution in [0.4, 0.5) is 10.1 Å². The maximum absolute atomic E-state index is 12.0. The molecule has 1 amide bonds. The van der Waals surface area contributed by atoms with E-state index in [9.17, 15) is 9.18 Å². The summed E-state index contributed by atoms with van der Waals surface area (Å²) < 4.78 is 17.2. The van der Waals surface area contributed by atoms with Crippen LogP contribution in [0, 0.1) is 5.92 Å². The number of hydrogen-bond donors (Lipinski definition) is 2. The van der Waals surface area contributed by atoms with Crippen LogP contribution < -0.4 is 15.4 Å². The van der Waals surface area contributed by atoms with Gasteiger partial charge >= 0.3 is 0 Å². The molecule has 2 rings (SSSR count). The van der Waals surface area contributed by atoms with E-state index >= 15 is 0 Å². The molecule has 0 radical (unpaired) electrons. The molecule has 1 aliphatic rings. The lowest BCUT2D eigenvalue weighted by Crippen LogP contribution is -2.24. The minimum absolute atomic E-state index is 0. The third-order valence-electron chi connectivity index (χ3n) is 2.88. The molecule has 106 valence electrons. The van der Waals surface area contributed by atoms with Gasteiger partial charge in [-0.3, -0.25) is 4.79 Å². The van der Waals surface area contributed by atoms with Gasteiger partial charge in [-0.05, 0) is 25.1 Å². The van der Waals surface area contributed by atoms with E-state index in [2.05, 4.69) is 10.6 Å². The first kappa shape index (κ1) is 15.7. The monoisotopic (exact) mass is 288 g/mol. The van der Waals surface area contributed by atoms with Crippen molar-refractivity contribution < 1.29 is 13.9 Å². The van der Waals surface area contributed by atoms with E-state index < -0.39 is 6.67 Å². The van der Waals surface area contributed by atoms with Crippen molar-refractivity contribution in [2.24, 2.45) is 5.92 Å². The Kier molecular flexibility index (Phi) is 6.59. The molecule has 0 spiro atoms. The number of carbonyl (C=O) groups is 1. The summed E-state index contributed by atoms with van der Waals surface area (Å²) in [5, 5.41) is 6.00. The van der Waals surface area contributed by atoms with Crippen molar-refractivity contribution in [3.8, 4) is 5.75 Å². The number of hydrogen-bond acceptors (Lipinski definition) is 3. The Labute approximate surface area is 118 Å². The normalized spacial score (nSPS) is 17.6. The summed E-state index contributed by atoms with van der Waals surface area (Å²) in [6.45, 7) is 1.12. The van der Waals surface area contributed by atoms with Gasteiger partial charge in [0.1, 0.15) is 19.0 Å². The zero-order valence-electron chi connectivity index (χ0n) is 10.5. The second-order valence-corrected chi connectivity index (χ2v) is 4.24. The highest BCUT2D eigenvalue weighted by Gasteiger charge is 2.22. The molecule has 2 N–H and O–H groups in total. The summed E-state index contributed by atoms with van der Waals surface area (Å²) in [7, 11) is 0. The Morgan fingerprint density at radius 3 is 3.05 bits per heavy atom. The van der Waals surface area contributed by atoms with Crippen LogP contribution in [0.3, 0.4) is 0 Å². The lowest BCUT2D eigenvalue weighted by Gasteiger charge is -2.11. The summed E-state index contributed by atoms with van der Waals surface area (Å²) in [5.41, 5.74) is 0.684. The SMILES string of the molecule is Cl.O=C(Nc1cccc(OCCF)c1)C1CCNC1. The summed E-state index contributed by atoms with van der Waals surface area (Å²) in [6.07, 6.45) is 0.865. The summed E-state index contributed by atoms with van der Waals surface area (Å²) in [4.78, 5) is 11.9. The zero-order chi connectivity index (χ0) is 12.8. The number of alkyl halides is 1. The van der Waals surface area contributed by atoms with Gasteiger partial charge in [0.05, 0.1) is 5.92 Å². The second kappa shape index (κ2) is 7.96. The number of nitrogens with one attached hydrogen (secondary N) is 2. The van der Waals surface area contributed by atoms with Gasteiger partial charge in [0.2, 0.25) is 5.91 Å². The predicted octanol–water partition coefficient (Wildman–Crippen LogP) is 2.00. The number of amides is 1. The summed E-state index contributed by atoms with van der Waals surface area (Å²) >= 11 is 0. The standard InChI is InChI=1S/C13H17FN2O2.ClH/c14-5-7-18-12-3-1-2-11(8-12)16-13(17)10-4-6-15-9-10;/h1-3,8,10,15H,4-7,9H2,(H,16,17);1H. The van der Waals surface area contributed by atoms with Gasteiger partial charge in [-0.2, -0.15) is 0 Å². The first-order valence-corrected chi connectivity index (χ1v) is 6.10. The highest BCUT2D eigenvalue weighted by atomic mass is 35.5. The number of carbonyl (C=O) groups excluding carboxylic acids is 1. The highest BCUT2D eigenvalue weighted by molar-refractivity contribution is 5.93. The largest absolute Gasteiger partial charge is 0.491 e. The fraction of sp³-hybridized carbons (Fsp3) is 0.462. The number of benzene rings is 1. The molecule has 19 heavy (non-hydrogen) atoms. The molecule has 1 aliphatic heterocycles. The van der Waals surface area contributed by atoms with Crippen LogP contribution in [0.25, 0.3) is 0 Å². The van der Waals surface area contributed by atoms with Gasteiger partial charge in [-0.15, -0.1) is 12.4 Å². The third kappa shape index (κ3) is 4.69. The van der Waals surface area contributed by atoms with E-state index in [0.717, 1.165) is 19.5 Å². The molecular formula is C13H18ClFN2O2.